The molecular weight excluding hydrogens is 210 g/mol. The van der Waals surface area contributed by atoms with Crippen LogP contribution >= 0.6 is 11.8 Å². The highest BCUT2D eigenvalue weighted by atomic mass is 32.2. The number of hydrogen-bond acceptors (Lipinski definition) is 3. The Bertz CT molecular complexity index is 506. The van der Waals surface area contributed by atoms with Crippen molar-refractivity contribution in [2.24, 2.45) is 0 Å². The average molecular weight is 221 g/mol. The first kappa shape index (κ1) is 10.0. The lowest BCUT2D eigenvalue weighted by Crippen LogP contribution is -2.05. The molecule has 0 fully saturated rings. The van der Waals surface area contributed by atoms with Crippen molar-refractivity contribution in [2.45, 2.75) is 12.1 Å². The molecule has 1 heterocycles. The normalized spacial score (nSPS) is 10.5. The highest BCUT2D eigenvalue weighted by Crippen LogP contribution is 2.20. The van der Waals surface area contributed by atoms with E-state index in [1.807, 2.05) is 24.5 Å². The molecule has 15 heavy (non-hydrogen) atoms. The van der Waals surface area contributed by atoms with Crippen molar-refractivity contribution in [3.05, 3.63) is 18.2 Å². The van der Waals surface area contributed by atoms with Crippen molar-refractivity contribution in [3.63, 3.8) is 0 Å². The minimum atomic E-state index is -0.0704. The first-order valence-corrected chi connectivity index (χ1v) is 5.73. The number of nitrogens with zero attached hydrogens (tertiary/aromatic N) is 1. The van der Waals surface area contributed by atoms with Crippen molar-refractivity contribution in [2.75, 3.05) is 11.6 Å². The summed E-state index contributed by atoms with van der Waals surface area (Å²) >= 11 is 1.56. The Balaban J connectivity index is 2.41. The van der Waals surface area contributed by atoms with Gasteiger partial charge in [-0.1, -0.05) is 11.8 Å². The van der Waals surface area contributed by atoms with E-state index in [1.54, 1.807) is 11.8 Å². The average Bonchev–Trinajstić information content (AvgIpc) is 2.58. The largest absolute Gasteiger partial charge is 0.333 e. The standard InChI is InChI=1S/C10H11N3OS/c1-6(14)11-7-3-4-8-9(5-7)13-10(12-8)15-2/h3-5H,1-2H3,(H,11,14)(H,12,13). The first-order chi connectivity index (χ1) is 7.19. The van der Waals surface area contributed by atoms with Crippen LogP contribution in [0.4, 0.5) is 5.69 Å². The number of nitrogens with one attached hydrogen (secondary N) is 2. The quantitative estimate of drug-likeness (QED) is 0.765. The maximum absolute atomic E-state index is 10.9. The molecule has 1 amide bonds. The summed E-state index contributed by atoms with van der Waals surface area (Å²) in [7, 11) is 0. The van der Waals surface area contributed by atoms with Crippen molar-refractivity contribution in [1.29, 1.82) is 0 Å². The number of imidazole rings is 1. The third-order valence-corrected chi connectivity index (χ3v) is 2.55. The summed E-state index contributed by atoms with van der Waals surface area (Å²) in [6.07, 6.45) is 1.96. The van der Waals surface area contributed by atoms with Gasteiger partial charge in [-0.15, -0.1) is 0 Å². The zero-order valence-electron chi connectivity index (χ0n) is 8.50. The Labute approximate surface area is 91.5 Å². The van der Waals surface area contributed by atoms with Crippen LogP contribution in [0.15, 0.2) is 23.4 Å². The van der Waals surface area contributed by atoms with E-state index >= 15 is 0 Å². The van der Waals surface area contributed by atoms with E-state index in [0.29, 0.717) is 0 Å². The molecule has 2 N–H and O–H groups in total. The monoisotopic (exact) mass is 221 g/mol. The van der Waals surface area contributed by atoms with Gasteiger partial charge >= 0.3 is 0 Å². The fourth-order valence-electron chi connectivity index (χ4n) is 1.36. The number of carbonyl (C=O) groups excluding carboxylic acids is 1. The molecule has 2 aromatic rings. The van der Waals surface area contributed by atoms with E-state index in [4.69, 9.17) is 0 Å². The molecule has 0 aliphatic rings. The molecule has 78 valence electrons. The number of fused-ring (bicyclic) bond motifs is 1. The molecule has 0 spiro atoms. The predicted molar refractivity (Wildman–Crippen MR) is 62.2 cm³/mol. The van der Waals surface area contributed by atoms with Crippen LogP contribution in [0.25, 0.3) is 11.0 Å². The SMILES string of the molecule is CSc1nc2ccc(NC(C)=O)cc2[nH]1. The third kappa shape index (κ3) is 2.12. The third-order valence-electron chi connectivity index (χ3n) is 1.97. The molecule has 5 heteroatoms. The minimum Gasteiger partial charge on any atom is -0.333 e. The van der Waals surface area contributed by atoms with E-state index < -0.39 is 0 Å². The van der Waals surface area contributed by atoms with E-state index in [0.717, 1.165) is 21.9 Å². The Morgan fingerprint density at radius 1 is 1.53 bits per heavy atom. The van der Waals surface area contributed by atoms with Gasteiger partial charge in [0.2, 0.25) is 5.91 Å². The zero-order chi connectivity index (χ0) is 10.8. The van der Waals surface area contributed by atoms with Crippen molar-refractivity contribution < 1.29 is 4.79 Å². The van der Waals surface area contributed by atoms with Gasteiger partial charge in [0, 0.05) is 12.6 Å². The molecule has 1 aromatic carbocycles. The van der Waals surface area contributed by atoms with Gasteiger partial charge in [-0.2, -0.15) is 0 Å². The lowest BCUT2D eigenvalue weighted by Gasteiger charge is -2.00. The second-order valence-electron chi connectivity index (χ2n) is 3.16. The molecule has 0 bridgehead atoms. The molecule has 4 nitrogen and oxygen atoms in total. The summed E-state index contributed by atoms with van der Waals surface area (Å²) in [5, 5.41) is 3.61. The zero-order valence-corrected chi connectivity index (χ0v) is 9.31. The van der Waals surface area contributed by atoms with Crippen LogP contribution in [0.2, 0.25) is 0 Å². The van der Waals surface area contributed by atoms with Crippen molar-refractivity contribution >= 4 is 34.4 Å². The summed E-state index contributed by atoms with van der Waals surface area (Å²) in [6.45, 7) is 1.49. The van der Waals surface area contributed by atoms with Crippen LogP contribution in [-0.4, -0.2) is 22.1 Å². The highest BCUT2D eigenvalue weighted by molar-refractivity contribution is 7.98. The van der Waals surface area contributed by atoms with E-state index in [9.17, 15) is 4.79 Å². The van der Waals surface area contributed by atoms with Gasteiger partial charge in [0.25, 0.3) is 0 Å². The molecule has 0 radical (unpaired) electrons. The number of amides is 1. The van der Waals surface area contributed by atoms with Gasteiger partial charge in [0.1, 0.15) is 0 Å². The topological polar surface area (TPSA) is 57.8 Å². The molecule has 0 unspecified atom stereocenters. The fraction of sp³-hybridized carbons (Fsp3) is 0.200. The van der Waals surface area contributed by atoms with Gasteiger partial charge in [-0.25, -0.2) is 4.98 Å². The van der Waals surface area contributed by atoms with Gasteiger partial charge in [0.15, 0.2) is 5.16 Å². The highest BCUT2D eigenvalue weighted by Gasteiger charge is 2.03. The molecule has 0 saturated heterocycles. The maximum atomic E-state index is 10.9. The summed E-state index contributed by atoms with van der Waals surface area (Å²) in [4.78, 5) is 18.4. The summed E-state index contributed by atoms with van der Waals surface area (Å²) in [5.74, 6) is -0.0704. The van der Waals surface area contributed by atoms with Crippen molar-refractivity contribution in [3.8, 4) is 0 Å². The number of hydrogen-bond donors (Lipinski definition) is 2. The Kier molecular flexibility index (Phi) is 2.64. The number of H-pyrrole nitrogens is 1. The maximum Gasteiger partial charge on any atom is 0.221 e. The lowest BCUT2D eigenvalue weighted by atomic mass is 10.3. The minimum absolute atomic E-state index is 0.0704. The van der Waals surface area contributed by atoms with Gasteiger partial charge < -0.3 is 10.3 Å². The van der Waals surface area contributed by atoms with Gasteiger partial charge in [-0.05, 0) is 24.5 Å². The number of aromatic amines is 1. The Hall–Kier alpha value is -1.49. The second kappa shape index (κ2) is 3.94. The lowest BCUT2D eigenvalue weighted by molar-refractivity contribution is -0.114. The second-order valence-corrected chi connectivity index (χ2v) is 3.95. The molecule has 0 aliphatic heterocycles. The first-order valence-electron chi connectivity index (χ1n) is 4.50. The summed E-state index contributed by atoms with van der Waals surface area (Å²) in [6, 6.07) is 5.61. The van der Waals surface area contributed by atoms with E-state index in [2.05, 4.69) is 15.3 Å². The van der Waals surface area contributed by atoms with Crippen LogP contribution in [0.1, 0.15) is 6.92 Å². The molecule has 0 aliphatic carbocycles. The van der Waals surface area contributed by atoms with E-state index in [1.165, 1.54) is 6.92 Å². The molecule has 0 atom stereocenters. The molecule has 0 saturated carbocycles. The van der Waals surface area contributed by atoms with Crippen LogP contribution in [0, 0.1) is 0 Å². The van der Waals surface area contributed by atoms with E-state index in [-0.39, 0.29) is 5.91 Å². The molecule has 1 aromatic heterocycles. The number of benzene rings is 1. The molecular formula is C10H11N3OS. The number of anilines is 1. The summed E-state index contributed by atoms with van der Waals surface area (Å²) in [5.41, 5.74) is 2.63. The van der Waals surface area contributed by atoms with Crippen LogP contribution in [-0.2, 0) is 4.79 Å². The van der Waals surface area contributed by atoms with Gasteiger partial charge in [0.05, 0.1) is 11.0 Å². The molecule has 2 rings (SSSR count). The Morgan fingerprint density at radius 2 is 2.33 bits per heavy atom. The number of rotatable bonds is 2. The Morgan fingerprint density at radius 3 is 3.00 bits per heavy atom. The summed E-state index contributed by atoms with van der Waals surface area (Å²) < 4.78 is 0. The van der Waals surface area contributed by atoms with Crippen LogP contribution < -0.4 is 5.32 Å². The number of thioether (sulfide) groups is 1. The van der Waals surface area contributed by atoms with Crippen molar-refractivity contribution in [1.82, 2.24) is 9.97 Å². The van der Waals surface area contributed by atoms with Crippen LogP contribution in [0.3, 0.4) is 0 Å². The number of carbonyl (C=O) groups is 1. The number of aromatic nitrogens is 2. The smallest absolute Gasteiger partial charge is 0.221 e. The fourth-order valence-corrected chi connectivity index (χ4v) is 1.77. The van der Waals surface area contributed by atoms with Crippen LogP contribution in [0.5, 0.6) is 0 Å². The predicted octanol–water partition coefficient (Wildman–Crippen LogP) is 2.24. The van der Waals surface area contributed by atoms with Gasteiger partial charge in [-0.3, -0.25) is 4.79 Å².